The lowest BCUT2D eigenvalue weighted by atomic mass is 10.1. The molecule has 0 spiro atoms. The Kier molecular flexibility index (Phi) is 4.28. The summed E-state index contributed by atoms with van der Waals surface area (Å²) < 4.78 is 15.4. The zero-order valence-electron chi connectivity index (χ0n) is 10.1. The summed E-state index contributed by atoms with van der Waals surface area (Å²) >= 11 is 0. The molecule has 0 radical (unpaired) electrons. The summed E-state index contributed by atoms with van der Waals surface area (Å²) in [5.41, 5.74) is -0.377. The summed E-state index contributed by atoms with van der Waals surface area (Å²) in [6.07, 6.45) is -2.05. The number of hydrogen-bond acceptors (Lipinski definition) is 6. The number of ether oxygens (including phenoxy) is 3. The molecule has 0 amide bonds. The van der Waals surface area contributed by atoms with Crippen molar-refractivity contribution in [3.05, 3.63) is 16.6 Å². The van der Waals surface area contributed by atoms with E-state index in [0.29, 0.717) is 0 Å². The average Bonchev–Trinajstić information content (AvgIpc) is 2.60. The second-order valence-electron chi connectivity index (χ2n) is 4.04. The summed E-state index contributed by atoms with van der Waals surface area (Å²) in [7, 11) is 0. The molecule has 0 aliphatic carbocycles. The minimum absolute atomic E-state index is 0.132. The second-order valence-corrected chi connectivity index (χ2v) is 4.04. The van der Waals surface area contributed by atoms with E-state index in [4.69, 9.17) is 19.6 Å². The van der Waals surface area contributed by atoms with Gasteiger partial charge in [-0.1, -0.05) is 0 Å². The van der Waals surface area contributed by atoms with Gasteiger partial charge in [0.05, 0.1) is 13.2 Å². The molecule has 7 nitrogen and oxygen atoms in total. The van der Waals surface area contributed by atoms with Crippen molar-refractivity contribution in [3.63, 3.8) is 0 Å². The van der Waals surface area contributed by atoms with Crippen LogP contribution in [0.15, 0.2) is 11.6 Å². The van der Waals surface area contributed by atoms with Crippen LogP contribution in [0, 0.1) is 5.39 Å². The van der Waals surface area contributed by atoms with Gasteiger partial charge in [0, 0.05) is 0 Å². The van der Waals surface area contributed by atoms with Gasteiger partial charge >= 0.3 is 11.6 Å². The van der Waals surface area contributed by atoms with Crippen molar-refractivity contribution < 1.29 is 24.4 Å². The monoisotopic (exact) mass is 245 g/mol. The quantitative estimate of drug-likeness (QED) is 0.569. The van der Waals surface area contributed by atoms with E-state index in [9.17, 15) is 10.2 Å². The Hall–Kier alpha value is -1.36. The molecule has 1 aliphatic rings. The van der Waals surface area contributed by atoms with E-state index in [1.54, 1.807) is 20.8 Å². The van der Waals surface area contributed by atoms with Crippen molar-refractivity contribution in [2.75, 3.05) is 13.2 Å². The number of hydrogen-bond donors (Lipinski definition) is 2. The number of rotatable bonds is 4. The van der Waals surface area contributed by atoms with Crippen molar-refractivity contribution in [1.29, 1.82) is 5.39 Å². The van der Waals surface area contributed by atoms with Gasteiger partial charge in [-0.15, -0.1) is 0 Å². The highest BCUT2D eigenvalue weighted by Crippen LogP contribution is 2.27. The van der Waals surface area contributed by atoms with Crippen LogP contribution in [0.4, 0.5) is 0 Å². The Morgan fingerprint density at radius 3 is 2.71 bits per heavy atom. The van der Waals surface area contributed by atoms with E-state index < -0.39 is 23.9 Å². The third kappa shape index (κ3) is 3.30. The molecule has 96 valence electrons. The number of aliphatic hydroxyl groups excluding tert-OH is 2. The first-order chi connectivity index (χ1) is 7.91. The molecule has 1 rings (SSSR count). The van der Waals surface area contributed by atoms with Crippen LogP contribution in [0.5, 0.6) is 0 Å². The Balaban J connectivity index is 2.78. The first kappa shape index (κ1) is 13.7. The number of diazo groups is 1. The van der Waals surface area contributed by atoms with Crippen molar-refractivity contribution in [2.24, 2.45) is 0 Å². The Bertz CT molecular complexity index is 347. The molecule has 2 atom stereocenters. The third-order valence-electron chi connectivity index (χ3n) is 2.27. The lowest BCUT2D eigenvalue weighted by molar-refractivity contribution is -0.148. The second kappa shape index (κ2) is 5.31. The first-order valence-corrected chi connectivity index (χ1v) is 5.32. The molecule has 2 N–H and O–H groups in total. The molecular weight excluding hydrogens is 228 g/mol. The minimum Gasteiger partial charge on any atom is -0.475 e. The Morgan fingerprint density at radius 1 is 1.65 bits per heavy atom. The van der Waals surface area contributed by atoms with Gasteiger partial charge in [-0.2, -0.15) is 0 Å². The molecule has 1 fully saturated rings. The molecule has 0 aromatic rings. The number of nitrogens with zero attached hydrogens (tertiary/aromatic N) is 2. The van der Waals surface area contributed by atoms with E-state index in [-0.39, 0.29) is 18.9 Å². The molecular formula is C10H17N2O5+. The minimum atomic E-state index is -1.33. The van der Waals surface area contributed by atoms with Gasteiger partial charge in [-0.05, 0) is 20.8 Å². The molecule has 1 aliphatic heterocycles. The molecule has 1 unspecified atom stereocenters. The maximum absolute atomic E-state index is 9.88. The standard InChI is InChI=1S/C10H16N2O5/c1-4-15-9(14)7(12-11)8(13)6-5-16-10(2,3)17-6/h6,8,13H,4-5H2,1-3H3/p+1/b9-7-/t6-,8?/m1/s1. The summed E-state index contributed by atoms with van der Waals surface area (Å²) in [4.78, 5) is 2.82. The summed E-state index contributed by atoms with van der Waals surface area (Å²) in [6.45, 7) is 5.36. The maximum Gasteiger partial charge on any atom is 0.471 e. The van der Waals surface area contributed by atoms with Crippen LogP contribution in [0.1, 0.15) is 20.8 Å². The van der Waals surface area contributed by atoms with Crippen LogP contribution in [0.25, 0.3) is 4.98 Å². The predicted molar refractivity (Wildman–Crippen MR) is 57.3 cm³/mol. The van der Waals surface area contributed by atoms with Gasteiger partial charge in [-0.3, -0.25) is 0 Å². The summed E-state index contributed by atoms with van der Waals surface area (Å²) in [6, 6.07) is 0. The van der Waals surface area contributed by atoms with Crippen LogP contribution in [0.3, 0.4) is 0 Å². The van der Waals surface area contributed by atoms with E-state index in [1.807, 2.05) is 0 Å². The Labute approximate surface area is 99.2 Å². The molecule has 17 heavy (non-hydrogen) atoms. The lowest BCUT2D eigenvalue weighted by Gasteiger charge is -2.17. The lowest BCUT2D eigenvalue weighted by Crippen LogP contribution is -2.32. The first-order valence-electron chi connectivity index (χ1n) is 5.32. The van der Waals surface area contributed by atoms with Gasteiger partial charge < -0.3 is 24.4 Å². The Morgan fingerprint density at radius 2 is 2.29 bits per heavy atom. The van der Waals surface area contributed by atoms with E-state index >= 15 is 0 Å². The topological polar surface area (TPSA) is 96.3 Å². The van der Waals surface area contributed by atoms with E-state index in [1.165, 1.54) is 0 Å². The van der Waals surface area contributed by atoms with Crippen LogP contribution in [-0.2, 0) is 14.2 Å². The largest absolute Gasteiger partial charge is 0.475 e. The third-order valence-corrected chi connectivity index (χ3v) is 2.27. The highest BCUT2D eigenvalue weighted by Gasteiger charge is 2.45. The summed E-state index contributed by atoms with van der Waals surface area (Å²) in [5, 5.41) is 28.1. The average molecular weight is 245 g/mol. The van der Waals surface area contributed by atoms with Gasteiger partial charge in [0.15, 0.2) is 16.9 Å². The highest BCUT2D eigenvalue weighted by atomic mass is 16.7. The van der Waals surface area contributed by atoms with Crippen molar-refractivity contribution >= 4 is 0 Å². The van der Waals surface area contributed by atoms with Crippen molar-refractivity contribution in [1.82, 2.24) is 0 Å². The fourth-order valence-electron chi connectivity index (χ4n) is 1.49. The molecule has 0 aromatic heterocycles. The highest BCUT2D eigenvalue weighted by molar-refractivity contribution is 5.17. The smallest absolute Gasteiger partial charge is 0.471 e. The van der Waals surface area contributed by atoms with E-state index in [2.05, 4.69) is 4.98 Å². The zero-order chi connectivity index (χ0) is 13.1. The SMILES string of the molecule is CCO/C(O)=C(\[N+]#N)C(O)[C@H]1COC(C)(C)O1. The fourth-order valence-corrected chi connectivity index (χ4v) is 1.49. The van der Waals surface area contributed by atoms with E-state index in [0.717, 1.165) is 0 Å². The van der Waals surface area contributed by atoms with Gasteiger partial charge in [0.1, 0.15) is 6.10 Å². The molecule has 0 aromatic carbocycles. The molecule has 1 heterocycles. The maximum atomic E-state index is 9.88. The van der Waals surface area contributed by atoms with Crippen molar-refractivity contribution in [2.45, 2.75) is 38.8 Å². The van der Waals surface area contributed by atoms with Gasteiger partial charge in [0.25, 0.3) is 0 Å². The number of aliphatic hydroxyl groups is 2. The molecule has 0 bridgehead atoms. The van der Waals surface area contributed by atoms with Crippen LogP contribution >= 0.6 is 0 Å². The summed E-state index contributed by atoms with van der Waals surface area (Å²) in [5.74, 6) is -1.44. The van der Waals surface area contributed by atoms with Crippen LogP contribution < -0.4 is 0 Å². The normalized spacial score (nSPS) is 25.9. The molecule has 7 heteroatoms. The van der Waals surface area contributed by atoms with Gasteiger partial charge in [0.2, 0.25) is 5.39 Å². The predicted octanol–water partition coefficient (Wildman–Crippen LogP) is 1.12. The zero-order valence-corrected chi connectivity index (χ0v) is 10.1. The van der Waals surface area contributed by atoms with Crippen LogP contribution in [0.2, 0.25) is 0 Å². The van der Waals surface area contributed by atoms with Crippen LogP contribution in [-0.4, -0.2) is 41.4 Å². The van der Waals surface area contributed by atoms with Crippen molar-refractivity contribution in [3.8, 4) is 0 Å². The molecule has 1 saturated heterocycles. The fraction of sp³-hybridized carbons (Fsp3) is 0.800. The molecule has 0 saturated carbocycles. The van der Waals surface area contributed by atoms with Gasteiger partial charge in [-0.25, -0.2) is 0 Å².